The fourth-order valence-corrected chi connectivity index (χ4v) is 4.56. The molecule has 0 fully saturated rings. The fourth-order valence-electron chi connectivity index (χ4n) is 4.08. The molecule has 36 heavy (non-hydrogen) atoms. The molecular weight excluding hydrogens is 497 g/mol. The minimum atomic E-state index is -5.83. The molecule has 3 heterocycles. The Labute approximate surface area is 204 Å². The summed E-state index contributed by atoms with van der Waals surface area (Å²) in [4.78, 5) is 9.30. The van der Waals surface area contributed by atoms with Gasteiger partial charge in [-0.1, -0.05) is 36.4 Å². The molecular formula is C24H21F3N4O4S. The van der Waals surface area contributed by atoms with Gasteiger partial charge >= 0.3 is 15.6 Å². The quantitative estimate of drug-likeness (QED) is 0.287. The normalized spacial score (nSPS) is 13.8. The molecule has 4 aromatic rings. The van der Waals surface area contributed by atoms with Crippen LogP contribution >= 0.6 is 0 Å². The third-order valence-corrected chi connectivity index (χ3v) is 6.71. The van der Waals surface area contributed by atoms with Gasteiger partial charge in [0.15, 0.2) is 5.75 Å². The van der Waals surface area contributed by atoms with Crippen LogP contribution in [0.15, 0.2) is 54.6 Å². The summed E-state index contributed by atoms with van der Waals surface area (Å²) in [5.41, 5.74) is -2.71. The number of nitrogens with one attached hydrogen (secondary N) is 1. The van der Waals surface area contributed by atoms with Crippen LogP contribution in [0.4, 0.5) is 19.0 Å². The SMILES string of the molecule is Cc1cc2c(OS(=O)(=O)C(F)(F)F)cccc2n1-c1nc(NCc2ccccc2)c2c(n1)OCCC2. The van der Waals surface area contributed by atoms with Crippen molar-refractivity contribution >= 4 is 26.8 Å². The van der Waals surface area contributed by atoms with E-state index in [9.17, 15) is 21.6 Å². The lowest BCUT2D eigenvalue weighted by Crippen LogP contribution is -2.28. The number of anilines is 1. The maximum absolute atomic E-state index is 12.9. The molecule has 1 N–H and O–H groups in total. The van der Waals surface area contributed by atoms with Crippen molar-refractivity contribution in [3.63, 3.8) is 0 Å². The predicted octanol–water partition coefficient (Wildman–Crippen LogP) is 4.89. The van der Waals surface area contributed by atoms with Crippen LogP contribution in [0.3, 0.4) is 0 Å². The average molecular weight is 519 g/mol. The molecule has 5 rings (SSSR count). The molecule has 1 aliphatic heterocycles. The van der Waals surface area contributed by atoms with Crippen LogP contribution in [0.2, 0.25) is 0 Å². The molecule has 0 radical (unpaired) electrons. The van der Waals surface area contributed by atoms with Crippen molar-refractivity contribution in [3.8, 4) is 17.6 Å². The van der Waals surface area contributed by atoms with E-state index >= 15 is 0 Å². The molecule has 0 aliphatic carbocycles. The zero-order chi connectivity index (χ0) is 25.5. The van der Waals surface area contributed by atoms with Crippen molar-refractivity contribution in [2.24, 2.45) is 0 Å². The van der Waals surface area contributed by atoms with Crippen molar-refractivity contribution in [3.05, 3.63) is 71.4 Å². The summed E-state index contributed by atoms with van der Waals surface area (Å²) in [5.74, 6) is 0.805. The van der Waals surface area contributed by atoms with Crippen LogP contribution in [-0.4, -0.2) is 35.1 Å². The van der Waals surface area contributed by atoms with E-state index in [-0.39, 0.29) is 11.3 Å². The summed E-state index contributed by atoms with van der Waals surface area (Å²) in [7, 11) is -5.83. The van der Waals surface area contributed by atoms with Crippen molar-refractivity contribution in [1.82, 2.24) is 14.5 Å². The van der Waals surface area contributed by atoms with Crippen LogP contribution in [-0.2, 0) is 23.1 Å². The largest absolute Gasteiger partial charge is 0.534 e. The van der Waals surface area contributed by atoms with Gasteiger partial charge in [-0.3, -0.25) is 4.57 Å². The van der Waals surface area contributed by atoms with Crippen LogP contribution in [0, 0.1) is 6.92 Å². The van der Waals surface area contributed by atoms with Crippen molar-refractivity contribution in [2.45, 2.75) is 31.8 Å². The van der Waals surface area contributed by atoms with Gasteiger partial charge in [-0.15, -0.1) is 0 Å². The Morgan fingerprint density at radius 1 is 1.11 bits per heavy atom. The maximum Gasteiger partial charge on any atom is 0.534 e. The van der Waals surface area contributed by atoms with E-state index in [2.05, 4.69) is 14.5 Å². The summed E-state index contributed by atoms with van der Waals surface area (Å²) < 4.78 is 73.8. The van der Waals surface area contributed by atoms with E-state index < -0.39 is 21.4 Å². The number of alkyl halides is 3. The van der Waals surface area contributed by atoms with Gasteiger partial charge in [0.05, 0.1) is 17.7 Å². The number of benzene rings is 2. The second kappa shape index (κ2) is 9.01. The van der Waals surface area contributed by atoms with Gasteiger partial charge in [-0.2, -0.15) is 31.6 Å². The molecule has 2 aromatic heterocycles. The molecule has 1 aliphatic rings. The van der Waals surface area contributed by atoms with Gasteiger partial charge in [0.1, 0.15) is 5.82 Å². The highest BCUT2D eigenvalue weighted by molar-refractivity contribution is 7.88. The Kier molecular flexibility index (Phi) is 5.99. The summed E-state index contributed by atoms with van der Waals surface area (Å²) in [6, 6.07) is 15.5. The van der Waals surface area contributed by atoms with E-state index in [1.54, 1.807) is 17.6 Å². The number of rotatable bonds is 6. The Bertz CT molecular complexity index is 1540. The first-order valence-corrected chi connectivity index (χ1v) is 12.5. The van der Waals surface area contributed by atoms with E-state index in [4.69, 9.17) is 9.72 Å². The Morgan fingerprint density at radius 2 is 1.89 bits per heavy atom. The number of halogens is 3. The molecule has 2 aromatic carbocycles. The van der Waals surface area contributed by atoms with Crippen molar-refractivity contribution in [1.29, 1.82) is 0 Å². The number of aromatic nitrogens is 3. The zero-order valence-electron chi connectivity index (χ0n) is 19.0. The minimum absolute atomic E-state index is 0.170. The van der Waals surface area contributed by atoms with Gasteiger partial charge in [-0.25, -0.2) is 0 Å². The maximum atomic E-state index is 12.9. The van der Waals surface area contributed by atoms with Gasteiger partial charge in [0.25, 0.3) is 0 Å². The second-order valence-electron chi connectivity index (χ2n) is 8.24. The highest BCUT2D eigenvalue weighted by Crippen LogP contribution is 2.36. The lowest BCUT2D eigenvalue weighted by Gasteiger charge is -2.21. The van der Waals surface area contributed by atoms with Gasteiger partial charge in [0, 0.05) is 17.6 Å². The smallest absolute Gasteiger partial charge is 0.477 e. The molecule has 0 bridgehead atoms. The highest BCUT2D eigenvalue weighted by atomic mass is 32.2. The van der Waals surface area contributed by atoms with Crippen LogP contribution in [0.1, 0.15) is 23.2 Å². The zero-order valence-corrected chi connectivity index (χ0v) is 19.9. The standard InChI is InChI=1S/C24H21F3N4O4S/c1-15-13-18-19(10-5-11-20(18)35-36(32,33)24(25,26)27)31(15)23-29-21(17-9-6-12-34-22(17)30-23)28-14-16-7-3-2-4-8-16/h2-5,7-8,10-11,13H,6,9,12,14H2,1H3,(H,28,29,30). The molecule has 0 amide bonds. The summed E-state index contributed by atoms with van der Waals surface area (Å²) in [6.45, 7) is 2.73. The van der Waals surface area contributed by atoms with E-state index in [1.807, 2.05) is 30.3 Å². The van der Waals surface area contributed by atoms with E-state index in [1.165, 1.54) is 18.2 Å². The Hall–Kier alpha value is -3.80. The van der Waals surface area contributed by atoms with Crippen molar-refractivity contribution < 1.29 is 30.5 Å². The van der Waals surface area contributed by atoms with Crippen molar-refractivity contribution in [2.75, 3.05) is 11.9 Å². The van der Waals surface area contributed by atoms with Crippen LogP contribution < -0.4 is 14.2 Å². The lowest BCUT2D eigenvalue weighted by molar-refractivity contribution is -0.0499. The van der Waals surface area contributed by atoms with E-state index in [0.717, 1.165) is 24.0 Å². The monoisotopic (exact) mass is 518 g/mol. The number of hydrogen-bond acceptors (Lipinski definition) is 7. The Balaban J connectivity index is 1.59. The number of ether oxygens (including phenoxy) is 1. The molecule has 0 unspecified atom stereocenters. The number of nitrogens with zero attached hydrogens (tertiary/aromatic N) is 3. The molecule has 0 saturated heterocycles. The Morgan fingerprint density at radius 3 is 2.64 bits per heavy atom. The number of aryl methyl sites for hydroxylation is 1. The van der Waals surface area contributed by atoms with E-state index in [0.29, 0.717) is 36.1 Å². The molecule has 0 spiro atoms. The highest BCUT2D eigenvalue weighted by Gasteiger charge is 2.48. The van der Waals surface area contributed by atoms with Gasteiger partial charge in [-0.05, 0) is 43.5 Å². The summed E-state index contributed by atoms with van der Waals surface area (Å²) in [6.07, 6.45) is 1.54. The molecule has 188 valence electrons. The summed E-state index contributed by atoms with van der Waals surface area (Å²) in [5, 5.41) is 3.51. The third-order valence-electron chi connectivity index (χ3n) is 5.74. The first-order valence-electron chi connectivity index (χ1n) is 11.1. The summed E-state index contributed by atoms with van der Waals surface area (Å²) >= 11 is 0. The second-order valence-corrected chi connectivity index (χ2v) is 9.78. The lowest BCUT2D eigenvalue weighted by atomic mass is 10.1. The molecule has 0 atom stereocenters. The number of fused-ring (bicyclic) bond motifs is 2. The molecule has 12 heteroatoms. The fraction of sp³-hybridized carbons (Fsp3) is 0.250. The van der Waals surface area contributed by atoms with Crippen LogP contribution in [0.25, 0.3) is 16.9 Å². The average Bonchev–Trinajstić information content (AvgIpc) is 3.19. The first-order chi connectivity index (χ1) is 17.1. The minimum Gasteiger partial charge on any atom is -0.477 e. The first kappa shape index (κ1) is 23.9. The van der Waals surface area contributed by atoms with Gasteiger partial charge in [0.2, 0.25) is 11.8 Å². The van der Waals surface area contributed by atoms with Gasteiger partial charge < -0.3 is 14.2 Å². The van der Waals surface area contributed by atoms with Crippen LogP contribution in [0.5, 0.6) is 11.6 Å². The predicted molar refractivity (Wildman–Crippen MR) is 127 cm³/mol. The topological polar surface area (TPSA) is 95.3 Å². The molecule has 8 nitrogen and oxygen atoms in total. The number of hydrogen-bond donors (Lipinski definition) is 1. The third kappa shape index (κ3) is 4.43. The molecule has 0 saturated carbocycles.